The third-order valence-corrected chi connectivity index (χ3v) is 4.80. The van der Waals surface area contributed by atoms with Gasteiger partial charge in [-0.1, -0.05) is 48.5 Å². The number of aromatic nitrogens is 1. The number of carbonyl (C=O) groups is 1. The number of hydrogen-bond donors (Lipinski definition) is 1. The monoisotopic (exact) mass is 367 g/mol. The average Bonchev–Trinajstić information content (AvgIpc) is 3.28. The van der Waals surface area contributed by atoms with Crippen LogP contribution in [0.1, 0.15) is 21.5 Å². The van der Waals surface area contributed by atoms with Crippen LogP contribution in [0.15, 0.2) is 84.8 Å². The Labute approximate surface area is 162 Å². The highest BCUT2D eigenvalue weighted by atomic mass is 16.5. The highest BCUT2D eigenvalue weighted by Gasteiger charge is 2.28. The summed E-state index contributed by atoms with van der Waals surface area (Å²) in [5.41, 5.74) is 3.58. The lowest BCUT2D eigenvalue weighted by molar-refractivity contribution is 0.101. The molecule has 4 heteroatoms. The summed E-state index contributed by atoms with van der Waals surface area (Å²) in [6.07, 6.45) is 3.66. The molecule has 0 amide bonds. The molecule has 0 fully saturated rings. The molecular formula is C24H17NO3. The van der Waals surface area contributed by atoms with E-state index in [0.717, 1.165) is 22.0 Å². The van der Waals surface area contributed by atoms with E-state index in [2.05, 4.69) is 4.98 Å². The first-order valence-corrected chi connectivity index (χ1v) is 9.09. The summed E-state index contributed by atoms with van der Waals surface area (Å²) in [7, 11) is 0. The van der Waals surface area contributed by atoms with Gasteiger partial charge in [0.25, 0.3) is 0 Å². The normalized spacial score (nSPS) is 14.3. The van der Waals surface area contributed by atoms with Gasteiger partial charge in [0.05, 0.1) is 5.56 Å². The Morgan fingerprint density at radius 1 is 0.964 bits per heavy atom. The first-order valence-electron chi connectivity index (χ1n) is 9.09. The SMILES string of the molecule is O=C1/C(=C\c2c[nH]c3ccccc23)Oc2cc(OCc3ccccc3)ccc21. The number of fused-ring (bicyclic) bond motifs is 2. The van der Waals surface area contributed by atoms with Gasteiger partial charge in [-0.25, -0.2) is 0 Å². The lowest BCUT2D eigenvalue weighted by Crippen LogP contribution is -1.97. The van der Waals surface area contributed by atoms with Gasteiger partial charge in [0, 0.05) is 28.7 Å². The van der Waals surface area contributed by atoms with Crippen molar-refractivity contribution in [2.24, 2.45) is 0 Å². The smallest absolute Gasteiger partial charge is 0.231 e. The Morgan fingerprint density at radius 3 is 2.68 bits per heavy atom. The molecule has 136 valence electrons. The number of ketones is 1. The number of para-hydroxylation sites is 1. The van der Waals surface area contributed by atoms with E-state index in [1.165, 1.54) is 0 Å². The summed E-state index contributed by atoms with van der Waals surface area (Å²) < 4.78 is 11.7. The second-order valence-electron chi connectivity index (χ2n) is 6.66. The molecule has 4 aromatic rings. The van der Waals surface area contributed by atoms with Crippen molar-refractivity contribution in [3.05, 3.63) is 101 Å². The van der Waals surface area contributed by atoms with Gasteiger partial charge in [-0.15, -0.1) is 0 Å². The van der Waals surface area contributed by atoms with Crippen molar-refractivity contribution >= 4 is 22.8 Å². The minimum atomic E-state index is -0.116. The molecule has 0 aliphatic carbocycles. The maximum absolute atomic E-state index is 12.7. The van der Waals surface area contributed by atoms with E-state index >= 15 is 0 Å². The molecule has 28 heavy (non-hydrogen) atoms. The molecule has 3 aromatic carbocycles. The molecule has 0 saturated heterocycles. The van der Waals surface area contributed by atoms with Crippen LogP contribution in [-0.4, -0.2) is 10.8 Å². The van der Waals surface area contributed by atoms with Gasteiger partial charge in [0.1, 0.15) is 18.1 Å². The zero-order chi connectivity index (χ0) is 18.9. The second kappa shape index (κ2) is 6.74. The first-order chi connectivity index (χ1) is 13.8. The average molecular weight is 367 g/mol. The van der Waals surface area contributed by atoms with Crippen LogP contribution in [0, 0.1) is 0 Å². The molecule has 0 saturated carbocycles. The van der Waals surface area contributed by atoms with Crippen molar-refractivity contribution in [2.75, 3.05) is 0 Å². The van der Waals surface area contributed by atoms with Crippen molar-refractivity contribution in [3.63, 3.8) is 0 Å². The third-order valence-electron chi connectivity index (χ3n) is 4.80. The molecular weight excluding hydrogens is 350 g/mol. The molecule has 0 bridgehead atoms. The number of Topliss-reactive ketones (excluding diaryl/α,β-unsaturated/α-hetero) is 1. The van der Waals surface area contributed by atoms with E-state index in [1.807, 2.05) is 60.8 Å². The third kappa shape index (κ3) is 2.95. The van der Waals surface area contributed by atoms with E-state index in [9.17, 15) is 4.79 Å². The molecule has 1 aliphatic heterocycles. The van der Waals surface area contributed by atoms with Gasteiger partial charge in [0.2, 0.25) is 5.78 Å². The molecule has 1 N–H and O–H groups in total. The quantitative estimate of drug-likeness (QED) is 0.494. The molecule has 0 unspecified atom stereocenters. The molecule has 1 aliphatic rings. The number of benzene rings is 3. The molecule has 0 radical (unpaired) electrons. The maximum Gasteiger partial charge on any atom is 0.231 e. The Hall–Kier alpha value is -3.79. The second-order valence-corrected chi connectivity index (χ2v) is 6.66. The topological polar surface area (TPSA) is 51.3 Å². The first kappa shape index (κ1) is 16.4. The van der Waals surface area contributed by atoms with E-state index in [0.29, 0.717) is 29.4 Å². The number of nitrogens with one attached hydrogen (secondary N) is 1. The predicted molar refractivity (Wildman–Crippen MR) is 108 cm³/mol. The van der Waals surface area contributed by atoms with Crippen molar-refractivity contribution < 1.29 is 14.3 Å². The highest BCUT2D eigenvalue weighted by Crippen LogP contribution is 2.35. The predicted octanol–water partition coefficient (Wildman–Crippen LogP) is 5.36. The van der Waals surface area contributed by atoms with Gasteiger partial charge >= 0.3 is 0 Å². The molecule has 0 spiro atoms. The largest absolute Gasteiger partial charge is 0.489 e. The molecule has 4 nitrogen and oxygen atoms in total. The fourth-order valence-electron chi connectivity index (χ4n) is 3.35. The van der Waals surface area contributed by atoms with Gasteiger partial charge in [-0.05, 0) is 29.8 Å². The summed E-state index contributed by atoms with van der Waals surface area (Å²) in [5.74, 6) is 1.40. The number of allylic oxidation sites excluding steroid dienone is 1. The summed E-state index contributed by atoms with van der Waals surface area (Å²) in [4.78, 5) is 15.9. The van der Waals surface area contributed by atoms with Crippen molar-refractivity contribution in [1.29, 1.82) is 0 Å². The lowest BCUT2D eigenvalue weighted by atomic mass is 10.1. The number of hydrogen-bond acceptors (Lipinski definition) is 3. The Bertz CT molecular complexity index is 1200. The minimum absolute atomic E-state index is 0.116. The number of rotatable bonds is 4. The van der Waals surface area contributed by atoms with Gasteiger partial charge in [0.15, 0.2) is 5.76 Å². The van der Waals surface area contributed by atoms with E-state index < -0.39 is 0 Å². The summed E-state index contributed by atoms with van der Waals surface area (Å²) in [6.45, 7) is 0.464. The minimum Gasteiger partial charge on any atom is -0.489 e. The van der Waals surface area contributed by atoms with E-state index in [1.54, 1.807) is 24.3 Å². The summed E-state index contributed by atoms with van der Waals surface area (Å²) >= 11 is 0. The van der Waals surface area contributed by atoms with Crippen LogP contribution in [0.4, 0.5) is 0 Å². The van der Waals surface area contributed by atoms with Crippen LogP contribution in [0.3, 0.4) is 0 Å². The van der Waals surface area contributed by atoms with Crippen LogP contribution in [-0.2, 0) is 6.61 Å². The number of H-pyrrole nitrogens is 1. The van der Waals surface area contributed by atoms with Crippen LogP contribution < -0.4 is 9.47 Å². The van der Waals surface area contributed by atoms with Crippen LogP contribution in [0.25, 0.3) is 17.0 Å². The van der Waals surface area contributed by atoms with Gasteiger partial charge < -0.3 is 14.5 Å². The van der Waals surface area contributed by atoms with Crippen molar-refractivity contribution in [2.45, 2.75) is 6.61 Å². The van der Waals surface area contributed by atoms with Crippen molar-refractivity contribution in [3.8, 4) is 11.5 Å². The maximum atomic E-state index is 12.7. The summed E-state index contributed by atoms with van der Waals surface area (Å²) in [6, 6.07) is 23.2. The molecule has 5 rings (SSSR count). The summed E-state index contributed by atoms with van der Waals surface area (Å²) in [5, 5.41) is 1.05. The number of aromatic amines is 1. The van der Waals surface area contributed by atoms with Gasteiger partial charge in [-0.3, -0.25) is 4.79 Å². The number of carbonyl (C=O) groups excluding carboxylic acids is 1. The molecule has 1 aromatic heterocycles. The van der Waals surface area contributed by atoms with E-state index in [-0.39, 0.29) is 5.78 Å². The fourth-order valence-corrected chi connectivity index (χ4v) is 3.35. The van der Waals surface area contributed by atoms with Crippen LogP contribution >= 0.6 is 0 Å². The Morgan fingerprint density at radius 2 is 1.79 bits per heavy atom. The molecule has 0 atom stereocenters. The zero-order valence-electron chi connectivity index (χ0n) is 15.0. The van der Waals surface area contributed by atoms with Gasteiger partial charge in [-0.2, -0.15) is 0 Å². The number of ether oxygens (including phenoxy) is 2. The Balaban J connectivity index is 1.39. The molecule has 2 heterocycles. The fraction of sp³-hybridized carbons (Fsp3) is 0.0417. The van der Waals surface area contributed by atoms with Crippen LogP contribution in [0.5, 0.6) is 11.5 Å². The Kier molecular flexibility index (Phi) is 3.95. The zero-order valence-corrected chi connectivity index (χ0v) is 15.0. The lowest BCUT2D eigenvalue weighted by Gasteiger charge is -2.07. The standard InChI is InChI=1S/C24H17NO3/c26-24-20-11-10-18(27-15-16-6-2-1-3-7-16)13-22(20)28-23(24)12-17-14-25-21-9-5-4-8-19(17)21/h1-14,25H,15H2/b23-12+. The van der Waals surface area contributed by atoms with Crippen LogP contribution in [0.2, 0.25) is 0 Å². The highest BCUT2D eigenvalue weighted by molar-refractivity contribution is 6.15. The van der Waals surface area contributed by atoms with E-state index in [4.69, 9.17) is 9.47 Å². The van der Waals surface area contributed by atoms with Crippen molar-refractivity contribution in [1.82, 2.24) is 4.98 Å².